The minimum Gasteiger partial charge on any atom is -0.399 e. The van der Waals surface area contributed by atoms with Gasteiger partial charge in [0.2, 0.25) is 0 Å². The zero-order valence-corrected chi connectivity index (χ0v) is 12.8. The first-order valence-electron chi connectivity index (χ1n) is 5.85. The standard InChI is InChI=1S/C13H8BrClFN5/c14-10-4-2-8(6-12(10)16)21-13(18-19-20-21)9-3-1-7(17)5-11(9)15/h1-6H,17H2. The molecule has 2 N–H and O–H groups in total. The summed E-state index contributed by atoms with van der Waals surface area (Å²) in [5.74, 6) is -0.000856. The lowest BCUT2D eigenvalue weighted by atomic mass is 10.2. The fourth-order valence-electron chi connectivity index (χ4n) is 1.86. The lowest BCUT2D eigenvalue weighted by Crippen LogP contribution is -2.01. The first-order chi connectivity index (χ1) is 10.1. The van der Waals surface area contributed by atoms with Gasteiger partial charge in [-0.1, -0.05) is 11.6 Å². The first-order valence-corrected chi connectivity index (χ1v) is 7.02. The van der Waals surface area contributed by atoms with Crippen molar-refractivity contribution in [1.82, 2.24) is 20.2 Å². The number of halogens is 3. The molecule has 0 spiro atoms. The number of nitrogen functional groups attached to an aromatic ring is 1. The lowest BCUT2D eigenvalue weighted by molar-refractivity contribution is 0.618. The summed E-state index contributed by atoms with van der Waals surface area (Å²) in [7, 11) is 0. The molecular formula is C13H8BrClFN5. The van der Waals surface area contributed by atoms with Gasteiger partial charge < -0.3 is 5.73 Å². The molecule has 21 heavy (non-hydrogen) atoms. The molecule has 0 aliphatic heterocycles. The Balaban J connectivity index is 2.14. The molecule has 2 aromatic carbocycles. The average molecular weight is 369 g/mol. The Bertz CT molecular complexity index is 820. The summed E-state index contributed by atoms with van der Waals surface area (Å²) in [5.41, 5.74) is 7.31. The third-order valence-electron chi connectivity index (χ3n) is 2.85. The Kier molecular flexibility index (Phi) is 3.60. The molecule has 3 rings (SSSR count). The van der Waals surface area contributed by atoms with Crippen LogP contribution in [0.5, 0.6) is 0 Å². The highest BCUT2D eigenvalue weighted by atomic mass is 79.9. The number of hydrogen-bond donors (Lipinski definition) is 1. The van der Waals surface area contributed by atoms with Gasteiger partial charge in [0, 0.05) is 17.3 Å². The predicted octanol–water partition coefficient (Wildman–Crippen LogP) is 3.47. The van der Waals surface area contributed by atoms with E-state index in [4.69, 9.17) is 17.3 Å². The Morgan fingerprint density at radius 3 is 2.71 bits per heavy atom. The van der Waals surface area contributed by atoms with Crippen LogP contribution in [0.15, 0.2) is 40.9 Å². The van der Waals surface area contributed by atoms with E-state index in [-0.39, 0.29) is 0 Å². The molecule has 0 amide bonds. The summed E-state index contributed by atoms with van der Waals surface area (Å²) in [5, 5.41) is 11.9. The fraction of sp³-hybridized carbons (Fsp3) is 0. The quantitative estimate of drug-likeness (QED) is 0.703. The first kappa shape index (κ1) is 14.0. The molecule has 0 bridgehead atoms. The molecule has 1 aromatic heterocycles. The van der Waals surface area contributed by atoms with E-state index in [0.717, 1.165) is 0 Å². The van der Waals surface area contributed by atoms with E-state index in [2.05, 4.69) is 31.5 Å². The molecule has 0 aliphatic rings. The van der Waals surface area contributed by atoms with Crippen molar-refractivity contribution in [3.8, 4) is 17.1 Å². The topological polar surface area (TPSA) is 69.6 Å². The highest BCUT2D eigenvalue weighted by molar-refractivity contribution is 9.10. The van der Waals surface area contributed by atoms with E-state index < -0.39 is 5.82 Å². The van der Waals surface area contributed by atoms with Crippen LogP contribution in [0.25, 0.3) is 17.1 Å². The molecule has 0 saturated carbocycles. The van der Waals surface area contributed by atoms with Crippen LogP contribution in [-0.2, 0) is 0 Å². The van der Waals surface area contributed by atoms with Crippen LogP contribution < -0.4 is 5.73 Å². The molecule has 5 nitrogen and oxygen atoms in total. The van der Waals surface area contributed by atoms with E-state index in [1.807, 2.05) is 0 Å². The summed E-state index contributed by atoms with van der Waals surface area (Å²) < 4.78 is 15.4. The maximum absolute atomic E-state index is 13.7. The van der Waals surface area contributed by atoms with E-state index in [1.54, 1.807) is 30.3 Å². The highest BCUT2D eigenvalue weighted by Gasteiger charge is 2.15. The summed E-state index contributed by atoms with van der Waals surface area (Å²) in [6, 6.07) is 9.63. The van der Waals surface area contributed by atoms with Crippen molar-refractivity contribution in [1.29, 1.82) is 0 Å². The van der Waals surface area contributed by atoms with Crippen LogP contribution in [-0.4, -0.2) is 20.2 Å². The number of nitrogens with zero attached hydrogens (tertiary/aromatic N) is 4. The Morgan fingerprint density at radius 2 is 2.00 bits per heavy atom. The Hall–Kier alpha value is -1.99. The number of nitrogens with two attached hydrogens (primary N) is 1. The summed E-state index contributed by atoms with van der Waals surface area (Å²) in [6.45, 7) is 0. The van der Waals surface area contributed by atoms with Gasteiger partial charge in [0.15, 0.2) is 5.82 Å². The largest absolute Gasteiger partial charge is 0.399 e. The molecule has 1 heterocycles. The number of benzene rings is 2. The smallest absolute Gasteiger partial charge is 0.188 e. The number of aromatic nitrogens is 4. The monoisotopic (exact) mass is 367 g/mol. The minimum absolute atomic E-state index is 0.367. The number of anilines is 1. The normalized spacial score (nSPS) is 10.8. The molecule has 106 valence electrons. The van der Waals surface area contributed by atoms with Gasteiger partial charge >= 0.3 is 0 Å². The molecule has 0 unspecified atom stereocenters. The third-order valence-corrected chi connectivity index (χ3v) is 3.81. The van der Waals surface area contributed by atoms with Crippen molar-refractivity contribution in [2.24, 2.45) is 0 Å². The maximum atomic E-state index is 13.7. The SMILES string of the molecule is Nc1ccc(-c2nnnn2-c2ccc(Br)c(F)c2)c(Cl)c1. The van der Waals surface area contributed by atoms with Crippen LogP contribution >= 0.6 is 27.5 Å². The van der Waals surface area contributed by atoms with Gasteiger partial charge in [0.25, 0.3) is 0 Å². The maximum Gasteiger partial charge on any atom is 0.188 e. The van der Waals surface area contributed by atoms with Crippen molar-refractivity contribution in [3.05, 3.63) is 51.7 Å². The van der Waals surface area contributed by atoms with Crippen molar-refractivity contribution < 1.29 is 4.39 Å². The summed E-state index contributed by atoms with van der Waals surface area (Å²) in [4.78, 5) is 0. The van der Waals surface area contributed by atoms with Gasteiger partial charge in [0.1, 0.15) is 5.82 Å². The second kappa shape index (κ2) is 5.42. The van der Waals surface area contributed by atoms with Gasteiger partial charge in [-0.15, -0.1) is 5.10 Å². The highest BCUT2D eigenvalue weighted by Crippen LogP contribution is 2.29. The van der Waals surface area contributed by atoms with Crippen LogP contribution in [0, 0.1) is 5.82 Å². The second-order valence-corrected chi connectivity index (χ2v) is 5.51. The fourth-order valence-corrected chi connectivity index (χ4v) is 2.38. The van der Waals surface area contributed by atoms with Crippen molar-refractivity contribution in [2.75, 3.05) is 5.73 Å². The van der Waals surface area contributed by atoms with Crippen LogP contribution in [0.3, 0.4) is 0 Å². The molecule has 3 aromatic rings. The van der Waals surface area contributed by atoms with Crippen LogP contribution in [0.1, 0.15) is 0 Å². The van der Waals surface area contributed by atoms with Crippen LogP contribution in [0.4, 0.5) is 10.1 Å². The lowest BCUT2D eigenvalue weighted by Gasteiger charge is -2.07. The van der Waals surface area contributed by atoms with Crippen molar-refractivity contribution in [3.63, 3.8) is 0 Å². The summed E-state index contributed by atoms with van der Waals surface area (Å²) >= 11 is 9.27. The van der Waals surface area contributed by atoms with E-state index in [9.17, 15) is 4.39 Å². The average Bonchev–Trinajstić information content (AvgIpc) is 2.91. The van der Waals surface area contributed by atoms with Gasteiger partial charge in [0.05, 0.1) is 15.2 Å². The molecule has 0 aliphatic carbocycles. The van der Waals surface area contributed by atoms with Gasteiger partial charge in [-0.2, -0.15) is 4.68 Å². The molecule has 0 fully saturated rings. The van der Waals surface area contributed by atoms with E-state index in [0.29, 0.717) is 32.3 Å². The molecule has 0 saturated heterocycles. The zero-order valence-electron chi connectivity index (χ0n) is 10.5. The molecule has 0 radical (unpaired) electrons. The molecule has 0 atom stereocenters. The minimum atomic E-state index is -0.405. The van der Waals surface area contributed by atoms with Crippen LogP contribution in [0.2, 0.25) is 5.02 Å². The van der Waals surface area contributed by atoms with E-state index >= 15 is 0 Å². The number of hydrogen-bond acceptors (Lipinski definition) is 4. The Labute approximate surface area is 132 Å². The van der Waals surface area contributed by atoms with E-state index in [1.165, 1.54) is 10.7 Å². The summed E-state index contributed by atoms with van der Waals surface area (Å²) in [6.07, 6.45) is 0. The van der Waals surface area contributed by atoms with Gasteiger partial charge in [-0.3, -0.25) is 0 Å². The second-order valence-electron chi connectivity index (χ2n) is 4.25. The van der Waals surface area contributed by atoms with Gasteiger partial charge in [-0.05, 0) is 56.7 Å². The van der Waals surface area contributed by atoms with Crippen molar-refractivity contribution >= 4 is 33.2 Å². The number of tetrazole rings is 1. The number of rotatable bonds is 2. The zero-order chi connectivity index (χ0) is 15.0. The molecular weight excluding hydrogens is 361 g/mol. The molecule has 8 heteroatoms. The third kappa shape index (κ3) is 2.62. The predicted molar refractivity (Wildman–Crippen MR) is 81.7 cm³/mol. The van der Waals surface area contributed by atoms with Gasteiger partial charge in [-0.25, -0.2) is 4.39 Å². The Morgan fingerprint density at radius 1 is 1.19 bits per heavy atom. The van der Waals surface area contributed by atoms with Crippen molar-refractivity contribution in [2.45, 2.75) is 0 Å².